The number of para-hydroxylation sites is 1. The number of fused-ring (bicyclic) bond motifs is 2. The highest BCUT2D eigenvalue weighted by atomic mass is 16.2. The molecule has 34 heavy (non-hydrogen) atoms. The first-order chi connectivity index (χ1) is 16.5. The van der Waals surface area contributed by atoms with Crippen molar-refractivity contribution in [1.29, 1.82) is 0 Å². The third-order valence-corrected chi connectivity index (χ3v) is 6.39. The molecule has 4 heteroatoms. The maximum Gasteiger partial charge on any atom is 0.258 e. The standard InChI is InChI=1S/C30H26N2O2/c1-20-11-12-21(2)27(17-20)31-29(33)22-13-15-23(16-14-22)30(34)32-19-26-9-4-3-7-24(26)18-25-8-5-6-10-28(25)32/h3-17H,18-19H2,1-2H3,(H,31,33). The second-order valence-corrected chi connectivity index (χ2v) is 8.82. The van der Waals surface area contributed by atoms with Gasteiger partial charge < -0.3 is 10.2 Å². The van der Waals surface area contributed by atoms with E-state index in [0.717, 1.165) is 40.0 Å². The van der Waals surface area contributed by atoms with Crippen molar-refractivity contribution in [3.8, 4) is 0 Å². The van der Waals surface area contributed by atoms with E-state index in [4.69, 9.17) is 0 Å². The highest BCUT2D eigenvalue weighted by Gasteiger charge is 2.24. The lowest BCUT2D eigenvalue weighted by Gasteiger charge is -2.23. The molecule has 1 aliphatic rings. The van der Waals surface area contributed by atoms with Crippen molar-refractivity contribution >= 4 is 23.2 Å². The number of nitrogens with one attached hydrogen (secondary N) is 1. The number of anilines is 2. The lowest BCUT2D eigenvalue weighted by Crippen LogP contribution is -2.30. The van der Waals surface area contributed by atoms with Gasteiger partial charge in [-0.3, -0.25) is 9.59 Å². The Labute approximate surface area is 199 Å². The van der Waals surface area contributed by atoms with Crippen LogP contribution in [-0.4, -0.2) is 11.8 Å². The van der Waals surface area contributed by atoms with Gasteiger partial charge in [0.2, 0.25) is 0 Å². The molecule has 4 aromatic rings. The summed E-state index contributed by atoms with van der Waals surface area (Å²) in [5, 5.41) is 2.98. The Morgan fingerprint density at radius 1 is 0.735 bits per heavy atom. The van der Waals surface area contributed by atoms with Gasteiger partial charge in [-0.15, -0.1) is 0 Å². The Balaban J connectivity index is 1.41. The minimum atomic E-state index is -0.193. The van der Waals surface area contributed by atoms with Gasteiger partial charge in [0.25, 0.3) is 11.8 Å². The predicted molar refractivity (Wildman–Crippen MR) is 137 cm³/mol. The molecule has 0 atom stereocenters. The minimum Gasteiger partial charge on any atom is -0.322 e. The number of hydrogen-bond donors (Lipinski definition) is 1. The summed E-state index contributed by atoms with van der Waals surface area (Å²) in [7, 11) is 0. The van der Waals surface area contributed by atoms with Gasteiger partial charge in [-0.25, -0.2) is 0 Å². The van der Waals surface area contributed by atoms with Crippen LogP contribution < -0.4 is 10.2 Å². The molecule has 0 radical (unpaired) electrons. The van der Waals surface area contributed by atoms with Crippen molar-refractivity contribution < 1.29 is 9.59 Å². The molecule has 0 saturated carbocycles. The van der Waals surface area contributed by atoms with E-state index in [1.807, 2.05) is 67.3 Å². The van der Waals surface area contributed by atoms with Gasteiger partial charge in [0.1, 0.15) is 0 Å². The molecule has 168 valence electrons. The van der Waals surface area contributed by atoms with E-state index in [2.05, 4.69) is 23.5 Å². The molecule has 0 unspecified atom stereocenters. The van der Waals surface area contributed by atoms with E-state index >= 15 is 0 Å². The Hall–Kier alpha value is -4.18. The molecule has 5 rings (SSSR count). The number of aryl methyl sites for hydroxylation is 2. The second-order valence-electron chi connectivity index (χ2n) is 8.82. The van der Waals surface area contributed by atoms with Crippen molar-refractivity contribution in [1.82, 2.24) is 0 Å². The summed E-state index contributed by atoms with van der Waals surface area (Å²) >= 11 is 0. The van der Waals surface area contributed by atoms with E-state index in [1.165, 1.54) is 5.56 Å². The Bertz CT molecular complexity index is 1390. The van der Waals surface area contributed by atoms with Crippen LogP contribution in [0.3, 0.4) is 0 Å². The predicted octanol–water partition coefficient (Wildman–Crippen LogP) is 6.31. The second kappa shape index (κ2) is 8.99. The SMILES string of the molecule is Cc1ccc(C)c(NC(=O)c2ccc(C(=O)N3Cc4ccccc4Cc4ccccc43)cc2)c1. The first-order valence-electron chi connectivity index (χ1n) is 11.4. The van der Waals surface area contributed by atoms with Crippen LogP contribution in [0, 0.1) is 13.8 Å². The maximum absolute atomic E-state index is 13.6. The molecule has 1 heterocycles. The van der Waals surface area contributed by atoms with Crippen LogP contribution in [0.4, 0.5) is 11.4 Å². The van der Waals surface area contributed by atoms with Gasteiger partial charge in [-0.05, 0) is 84.5 Å². The van der Waals surface area contributed by atoms with Crippen LogP contribution in [0.15, 0.2) is 91.0 Å². The summed E-state index contributed by atoms with van der Waals surface area (Å²) in [5.74, 6) is -0.271. The highest BCUT2D eigenvalue weighted by molar-refractivity contribution is 6.08. The fraction of sp³-hybridized carbons (Fsp3) is 0.133. The van der Waals surface area contributed by atoms with Crippen LogP contribution in [0.2, 0.25) is 0 Å². The molecule has 0 bridgehead atoms. The zero-order valence-corrected chi connectivity index (χ0v) is 19.3. The van der Waals surface area contributed by atoms with Gasteiger partial charge in [-0.2, -0.15) is 0 Å². The molecule has 0 spiro atoms. The van der Waals surface area contributed by atoms with Gasteiger partial charge in [0.05, 0.1) is 6.54 Å². The number of hydrogen-bond acceptors (Lipinski definition) is 2. The molecule has 0 saturated heterocycles. The summed E-state index contributed by atoms with van der Waals surface area (Å²) in [4.78, 5) is 28.2. The minimum absolute atomic E-state index is 0.0781. The van der Waals surface area contributed by atoms with Gasteiger partial charge in [-0.1, -0.05) is 54.6 Å². The summed E-state index contributed by atoms with van der Waals surface area (Å²) in [6.45, 7) is 4.48. The average molecular weight is 447 g/mol. The summed E-state index contributed by atoms with van der Waals surface area (Å²) < 4.78 is 0. The summed E-state index contributed by atoms with van der Waals surface area (Å²) in [5.41, 5.74) is 8.40. The molecular weight excluding hydrogens is 420 g/mol. The highest BCUT2D eigenvalue weighted by Crippen LogP contribution is 2.31. The number of amides is 2. The number of carbonyl (C=O) groups excluding carboxylic acids is 2. The third kappa shape index (κ3) is 4.23. The zero-order chi connectivity index (χ0) is 23.7. The smallest absolute Gasteiger partial charge is 0.258 e. The molecule has 1 aliphatic heterocycles. The summed E-state index contributed by atoms with van der Waals surface area (Å²) in [6, 6.07) is 29.2. The fourth-order valence-electron chi connectivity index (χ4n) is 4.43. The first kappa shape index (κ1) is 21.7. The molecule has 2 amide bonds. The van der Waals surface area contributed by atoms with Crippen molar-refractivity contribution in [3.05, 3.63) is 130 Å². The van der Waals surface area contributed by atoms with E-state index < -0.39 is 0 Å². The molecular formula is C30H26N2O2. The van der Waals surface area contributed by atoms with Crippen molar-refractivity contribution in [2.45, 2.75) is 26.8 Å². The molecule has 0 aromatic heterocycles. The quantitative estimate of drug-likeness (QED) is 0.401. The van der Waals surface area contributed by atoms with Crippen LogP contribution in [0.1, 0.15) is 48.5 Å². The van der Waals surface area contributed by atoms with Crippen LogP contribution >= 0.6 is 0 Å². The first-order valence-corrected chi connectivity index (χ1v) is 11.4. The monoisotopic (exact) mass is 446 g/mol. The van der Waals surface area contributed by atoms with E-state index in [0.29, 0.717) is 17.7 Å². The average Bonchev–Trinajstić information content (AvgIpc) is 3.02. The number of nitrogens with zero attached hydrogens (tertiary/aromatic N) is 1. The fourth-order valence-corrected chi connectivity index (χ4v) is 4.43. The number of benzene rings is 4. The Morgan fingerprint density at radius 3 is 2.15 bits per heavy atom. The van der Waals surface area contributed by atoms with E-state index in [-0.39, 0.29) is 11.8 Å². The van der Waals surface area contributed by atoms with Crippen molar-refractivity contribution in [3.63, 3.8) is 0 Å². The lowest BCUT2D eigenvalue weighted by molar-refractivity contribution is 0.0982. The van der Waals surface area contributed by atoms with E-state index in [9.17, 15) is 9.59 Å². The van der Waals surface area contributed by atoms with Crippen LogP contribution in [-0.2, 0) is 13.0 Å². The van der Waals surface area contributed by atoms with Crippen LogP contribution in [0.5, 0.6) is 0 Å². The van der Waals surface area contributed by atoms with Gasteiger partial charge in [0, 0.05) is 22.5 Å². The van der Waals surface area contributed by atoms with Crippen molar-refractivity contribution in [2.24, 2.45) is 0 Å². The Kier molecular flexibility index (Phi) is 5.72. The molecule has 0 fully saturated rings. The Morgan fingerprint density at radius 2 is 1.38 bits per heavy atom. The third-order valence-electron chi connectivity index (χ3n) is 6.39. The van der Waals surface area contributed by atoms with Gasteiger partial charge >= 0.3 is 0 Å². The molecule has 1 N–H and O–H groups in total. The number of rotatable bonds is 3. The molecule has 0 aliphatic carbocycles. The van der Waals surface area contributed by atoms with Crippen LogP contribution in [0.25, 0.3) is 0 Å². The number of carbonyl (C=O) groups is 2. The normalized spacial score (nSPS) is 12.4. The van der Waals surface area contributed by atoms with Crippen molar-refractivity contribution in [2.75, 3.05) is 10.2 Å². The molecule has 4 nitrogen and oxygen atoms in total. The lowest BCUT2D eigenvalue weighted by atomic mass is 10.0. The van der Waals surface area contributed by atoms with Gasteiger partial charge in [0.15, 0.2) is 0 Å². The largest absolute Gasteiger partial charge is 0.322 e. The summed E-state index contributed by atoms with van der Waals surface area (Å²) in [6.07, 6.45) is 0.799. The zero-order valence-electron chi connectivity index (χ0n) is 19.3. The van der Waals surface area contributed by atoms with E-state index in [1.54, 1.807) is 24.3 Å². The topological polar surface area (TPSA) is 49.4 Å². The maximum atomic E-state index is 13.6. The molecule has 4 aromatic carbocycles.